The summed E-state index contributed by atoms with van der Waals surface area (Å²) in [4.78, 5) is 0. The molecule has 0 spiro atoms. The second-order valence-corrected chi connectivity index (χ2v) is 3.87. The third-order valence-corrected chi connectivity index (χ3v) is 2.62. The Morgan fingerprint density at radius 1 is 1.22 bits per heavy atom. The lowest BCUT2D eigenvalue weighted by Gasteiger charge is -2.11. The van der Waals surface area contributed by atoms with Gasteiger partial charge in [-0.2, -0.15) is 0 Å². The van der Waals surface area contributed by atoms with E-state index < -0.39 is 0 Å². The molecule has 1 N–H and O–H groups in total. The number of fused-ring (bicyclic) bond motifs is 1. The standard InChI is InChI=1S/C13H18O5/c1-2-15-4-3-5-16-11-7-13-12(17-9-18-13)6-10(11)8-14/h6-7,14H,2-5,8-9H2,1H3. The Morgan fingerprint density at radius 2 is 2.00 bits per heavy atom. The second kappa shape index (κ2) is 6.47. The van der Waals surface area contributed by atoms with E-state index in [0.29, 0.717) is 42.6 Å². The minimum Gasteiger partial charge on any atom is -0.493 e. The van der Waals surface area contributed by atoms with Gasteiger partial charge in [-0.15, -0.1) is 0 Å². The van der Waals surface area contributed by atoms with Crippen molar-refractivity contribution in [1.29, 1.82) is 0 Å². The van der Waals surface area contributed by atoms with Crippen molar-refractivity contribution in [3.8, 4) is 17.2 Å². The highest BCUT2D eigenvalue weighted by atomic mass is 16.7. The maximum Gasteiger partial charge on any atom is 0.231 e. The van der Waals surface area contributed by atoms with Crippen LogP contribution in [0.4, 0.5) is 0 Å². The first-order valence-electron chi connectivity index (χ1n) is 6.09. The molecule has 18 heavy (non-hydrogen) atoms. The van der Waals surface area contributed by atoms with E-state index in [4.69, 9.17) is 18.9 Å². The second-order valence-electron chi connectivity index (χ2n) is 3.87. The summed E-state index contributed by atoms with van der Waals surface area (Å²) in [6.07, 6.45) is 0.813. The molecule has 0 saturated carbocycles. The molecular weight excluding hydrogens is 236 g/mol. The van der Waals surface area contributed by atoms with Crippen molar-refractivity contribution in [2.45, 2.75) is 20.0 Å². The molecule has 1 aliphatic heterocycles. The summed E-state index contributed by atoms with van der Waals surface area (Å²) in [5.41, 5.74) is 0.704. The minimum atomic E-state index is -0.0859. The van der Waals surface area contributed by atoms with E-state index in [0.717, 1.165) is 6.42 Å². The molecule has 0 amide bonds. The molecule has 1 aliphatic rings. The van der Waals surface area contributed by atoms with Crippen LogP contribution in [0.15, 0.2) is 12.1 Å². The van der Waals surface area contributed by atoms with Gasteiger partial charge >= 0.3 is 0 Å². The van der Waals surface area contributed by atoms with E-state index in [1.165, 1.54) is 0 Å². The third kappa shape index (κ3) is 3.05. The topological polar surface area (TPSA) is 57.2 Å². The number of benzene rings is 1. The number of aliphatic hydroxyl groups is 1. The van der Waals surface area contributed by atoms with E-state index in [9.17, 15) is 5.11 Å². The van der Waals surface area contributed by atoms with Gasteiger partial charge in [0.15, 0.2) is 11.5 Å². The van der Waals surface area contributed by atoms with Crippen molar-refractivity contribution in [2.24, 2.45) is 0 Å². The van der Waals surface area contributed by atoms with Crippen LogP contribution in [0.3, 0.4) is 0 Å². The van der Waals surface area contributed by atoms with Gasteiger partial charge in [-0.25, -0.2) is 0 Å². The molecule has 0 unspecified atom stereocenters. The van der Waals surface area contributed by atoms with Crippen molar-refractivity contribution in [3.05, 3.63) is 17.7 Å². The first-order chi connectivity index (χ1) is 8.85. The van der Waals surface area contributed by atoms with Crippen LogP contribution in [-0.4, -0.2) is 31.7 Å². The summed E-state index contributed by atoms with van der Waals surface area (Å²) in [6, 6.07) is 3.51. The van der Waals surface area contributed by atoms with Gasteiger partial charge in [0.1, 0.15) is 5.75 Å². The highest BCUT2D eigenvalue weighted by Crippen LogP contribution is 2.38. The zero-order chi connectivity index (χ0) is 12.8. The van der Waals surface area contributed by atoms with Gasteiger partial charge in [-0.1, -0.05) is 0 Å². The molecule has 0 atom stereocenters. The van der Waals surface area contributed by atoms with Crippen LogP contribution in [-0.2, 0) is 11.3 Å². The third-order valence-electron chi connectivity index (χ3n) is 2.62. The summed E-state index contributed by atoms with van der Waals surface area (Å²) in [5.74, 6) is 1.95. The van der Waals surface area contributed by atoms with Crippen LogP contribution in [0.1, 0.15) is 18.9 Å². The van der Waals surface area contributed by atoms with Crippen molar-refractivity contribution < 1.29 is 24.1 Å². The first kappa shape index (κ1) is 13.0. The average Bonchev–Trinajstić information content (AvgIpc) is 2.84. The summed E-state index contributed by atoms with van der Waals surface area (Å²) < 4.78 is 21.4. The molecule has 2 rings (SSSR count). The average molecular weight is 254 g/mol. The zero-order valence-electron chi connectivity index (χ0n) is 10.5. The molecular formula is C13H18O5. The van der Waals surface area contributed by atoms with Crippen molar-refractivity contribution >= 4 is 0 Å². The summed E-state index contributed by atoms with van der Waals surface area (Å²) in [7, 11) is 0. The fourth-order valence-electron chi connectivity index (χ4n) is 1.71. The summed E-state index contributed by atoms with van der Waals surface area (Å²) in [6.45, 7) is 4.03. The van der Waals surface area contributed by atoms with Gasteiger partial charge in [-0.3, -0.25) is 0 Å². The van der Waals surface area contributed by atoms with Gasteiger partial charge in [0, 0.05) is 31.3 Å². The quantitative estimate of drug-likeness (QED) is 0.751. The molecule has 1 aromatic rings. The first-order valence-corrected chi connectivity index (χ1v) is 6.09. The van der Waals surface area contributed by atoms with E-state index in [-0.39, 0.29) is 13.4 Å². The van der Waals surface area contributed by atoms with E-state index in [1.54, 1.807) is 12.1 Å². The van der Waals surface area contributed by atoms with Crippen LogP contribution in [0.2, 0.25) is 0 Å². The number of ether oxygens (including phenoxy) is 4. The van der Waals surface area contributed by atoms with Gasteiger partial charge in [0.2, 0.25) is 6.79 Å². The molecule has 0 saturated heterocycles. The largest absolute Gasteiger partial charge is 0.493 e. The SMILES string of the molecule is CCOCCCOc1cc2c(cc1CO)OCO2. The Kier molecular flexibility index (Phi) is 4.66. The van der Waals surface area contributed by atoms with E-state index in [1.807, 2.05) is 6.92 Å². The van der Waals surface area contributed by atoms with Gasteiger partial charge in [-0.05, 0) is 13.0 Å². The Hall–Kier alpha value is -1.46. The van der Waals surface area contributed by atoms with Gasteiger partial charge < -0.3 is 24.1 Å². The van der Waals surface area contributed by atoms with Gasteiger partial charge in [0.05, 0.1) is 13.2 Å². The highest BCUT2D eigenvalue weighted by Gasteiger charge is 2.17. The van der Waals surface area contributed by atoms with Crippen molar-refractivity contribution in [3.63, 3.8) is 0 Å². The van der Waals surface area contributed by atoms with Crippen molar-refractivity contribution in [1.82, 2.24) is 0 Å². The highest BCUT2D eigenvalue weighted by molar-refractivity contribution is 5.51. The van der Waals surface area contributed by atoms with Crippen LogP contribution < -0.4 is 14.2 Å². The fourth-order valence-corrected chi connectivity index (χ4v) is 1.71. The number of hydrogen-bond donors (Lipinski definition) is 1. The molecule has 0 radical (unpaired) electrons. The molecule has 1 aromatic carbocycles. The fraction of sp³-hybridized carbons (Fsp3) is 0.538. The van der Waals surface area contributed by atoms with E-state index in [2.05, 4.69) is 0 Å². The minimum absolute atomic E-state index is 0.0859. The number of aliphatic hydroxyl groups excluding tert-OH is 1. The predicted molar refractivity (Wildman–Crippen MR) is 65.1 cm³/mol. The molecule has 0 aliphatic carbocycles. The lowest BCUT2D eigenvalue weighted by Crippen LogP contribution is -2.04. The van der Waals surface area contributed by atoms with E-state index >= 15 is 0 Å². The normalized spacial score (nSPS) is 12.8. The predicted octanol–water partition coefficient (Wildman–Crippen LogP) is 1.71. The Balaban J connectivity index is 1.94. The lowest BCUT2D eigenvalue weighted by molar-refractivity contribution is 0.130. The number of hydrogen-bond acceptors (Lipinski definition) is 5. The Morgan fingerprint density at radius 3 is 2.72 bits per heavy atom. The number of rotatable bonds is 7. The van der Waals surface area contributed by atoms with Crippen LogP contribution >= 0.6 is 0 Å². The molecule has 100 valence electrons. The van der Waals surface area contributed by atoms with Gasteiger partial charge in [0.25, 0.3) is 0 Å². The van der Waals surface area contributed by atoms with Crippen LogP contribution in [0, 0.1) is 0 Å². The lowest BCUT2D eigenvalue weighted by atomic mass is 10.2. The molecule has 1 heterocycles. The smallest absolute Gasteiger partial charge is 0.231 e. The van der Waals surface area contributed by atoms with Crippen LogP contribution in [0.5, 0.6) is 17.2 Å². The Bertz CT molecular complexity index is 391. The maximum absolute atomic E-state index is 9.29. The zero-order valence-corrected chi connectivity index (χ0v) is 10.5. The Labute approximate surface area is 106 Å². The molecule has 0 bridgehead atoms. The monoisotopic (exact) mass is 254 g/mol. The maximum atomic E-state index is 9.29. The molecule has 5 heteroatoms. The molecule has 0 fully saturated rings. The summed E-state index contributed by atoms with van der Waals surface area (Å²) >= 11 is 0. The summed E-state index contributed by atoms with van der Waals surface area (Å²) in [5, 5.41) is 9.29. The van der Waals surface area contributed by atoms with Crippen molar-refractivity contribution in [2.75, 3.05) is 26.6 Å². The van der Waals surface area contributed by atoms with Crippen LogP contribution in [0.25, 0.3) is 0 Å². The molecule has 5 nitrogen and oxygen atoms in total. The molecule has 0 aromatic heterocycles.